The molecular formula is C29H43F3N6O4. The molecule has 0 aromatic carbocycles. The Kier molecular flexibility index (Phi) is 13.0. The molecule has 2 rings (SSSR count). The summed E-state index contributed by atoms with van der Waals surface area (Å²) < 4.78 is 33.8. The van der Waals surface area contributed by atoms with Crippen molar-refractivity contribution >= 4 is 17.8 Å². The first-order valence-corrected chi connectivity index (χ1v) is 13.8. The summed E-state index contributed by atoms with van der Waals surface area (Å²) in [6.07, 6.45) is 6.48. The molecule has 2 heterocycles. The molecule has 2 atom stereocenters. The van der Waals surface area contributed by atoms with Crippen LogP contribution in [0.3, 0.4) is 0 Å². The van der Waals surface area contributed by atoms with Gasteiger partial charge in [-0.05, 0) is 38.2 Å². The monoisotopic (exact) mass is 596 g/mol. The number of rotatable bonds is 13. The minimum Gasteiger partial charge on any atom is -0.475 e. The number of aromatic nitrogens is 2. The first-order chi connectivity index (χ1) is 19.3. The van der Waals surface area contributed by atoms with E-state index in [1.807, 2.05) is 39.2 Å². The second-order valence-electron chi connectivity index (χ2n) is 11.6. The molecule has 10 nitrogen and oxygen atoms in total. The highest BCUT2D eigenvalue weighted by molar-refractivity contribution is 5.90. The Hall–Kier alpha value is -3.69. The summed E-state index contributed by atoms with van der Waals surface area (Å²) in [6, 6.07) is -0.674. The van der Waals surface area contributed by atoms with Gasteiger partial charge in [-0.15, -0.1) is 12.3 Å². The van der Waals surface area contributed by atoms with Crippen LogP contribution in [0.1, 0.15) is 92.3 Å². The van der Waals surface area contributed by atoms with Gasteiger partial charge in [0.15, 0.2) is 5.66 Å². The van der Waals surface area contributed by atoms with Gasteiger partial charge in [0, 0.05) is 44.0 Å². The van der Waals surface area contributed by atoms with E-state index in [9.17, 15) is 22.8 Å². The van der Waals surface area contributed by atoms with Crippen LogP contribution in [0.15, 0.2) is 34.9 Å². The number of alkyl halides is 3. The number of carboxylic acids is 1. The molecule has 0 bridgehead atoms. The Bertz CT molecular complexity index is 1170. The highest BCUT2D eigenvalue weighted by Crippen LogP contribution is 2.38. The number of hydrogen-bond acceptors (Lipinski definition) is 6. The molecule has 0 spiro atoms. The lowest BCUT2D eigenvalue weighted by Crippen LogP contribution is -2.53. The van der Waals surface area contributed by atoms with Crippen molar-refractivity contribution in [3.63, 3.8) is 0 Å². The van der Waals surface area contributed by atoms with Crippen molar-refractivity contribution < 1.29 is 32.7 Å². The van der Waals surface area contributed by atoms with Crippen LogP contribution in [0, 0.1) is 17.8 Å². The quantitative estimate of drug-likeness (QED) is 0.224. The maximum absolute atomic E-state index is 13.8. The molecule has 2 amide bonds. The SMILES string of the molecule is C#CCCC1(CCC(=O)N(Cc2cncn2C(C)C)C(C(=C)C(C)(C)C)C(=O)NC(C)CC)N=N1.O=C(O)C(F)(F)F. The van der Waals surface area contributed by atoms with Gasteiger partial charge in [0.1, 0.15) is 6.04 Å². The van der Waals surface area contributed by atoms with E-state index in [0.29, 0.717) is 24.8 Å². The number of carbonyl (C=O) groups is 3. The van der Waals surface area contributed by atoms with E-state index in [0.717, 1.165) is 12.1 Å². The minimum absolute atomic E-state index is 0.0213. The van der Waals surface area contributed by atoms with Gasteiger partial charge < -0.3 is 19.9 Å². The van der Waals surface area contributed by atoms with Crippen molar-refractivity contribution in [2.45, 2.75) is 117 Å². The Labute approximate surface area is 245 Å². The number of carboxylic acid groups (broad SMARTS) is 1. The molecule has 1 aliphatic heterocycles. The zero-order valence-corrected chi connectivity index (χ0v) is 25.5. The summed E-state index contributed by atoms with van der Waals surface area (Å²) >= 11 is 0. The zero-order valence-electron chi connectivity index (χ0n) is 25.5. The second kappa shape index (κ2) is 15.0. The predicted octanol–water partition coefficient (Wildman–Crippen LogP) is 5.67. The molecule has 1 aromatic rings. The first-order valence-electron chi connectivity index (χ1n) is 13.8. The summed E-state index contributed by atoms with van der Waals surface area (Å²) in [7, 11) is 0. The van der Waals surface area contributed by atoms with Gasteiger partial charge in [-0.3, -0.25) is 9.59 Å². The molecule has 234 valence electrons. The maximum Gasteiger partial charge on any atom is 0.490 e. The molecule has 0 saturated heterocycles. The van der Waals surface area contributed by atoms with Gasteiger partial charge in [0.25, 0.3) is 0 Å². The largest absolute Gasteiger partial charge is 0.490 e. The van der Waals surface area contributed by atoms with Gasteiger partial charge in [-0.1, -0.05) is 34.3 Å². The summed E-state index contributed by atoms with van der Waals surface area (Å²) in [5.74, 6) is -0.499. The highest BCUT2D eigenvalue weighted by Gasteiger charge is 2.42. The Balaban J connectivity index is 0.00000112. The van der Waals surface area contributed by atoms with E-state index in [2.05, 4.69) is 46.9 Å². The van der Waals surface area contributed by atoms with Gasteiger partial charge in [0.05, 0.1) is 18.6 Å². The lowest BCUT2D eigenvalue weighted by Gasteiger charge is -2.38. The van der Waals surface area contributed by atoms with E-state index >= 15 is 0 Å². The summed E-state index contributed by atoms with van der Waals surface area (Å²) in [4.78, 5) is 42.2. The van der Waals surface area contributed by atoms with Crippen molar-refractivity contribution in [2.75, 3.05) is 0 Å². The Morgan fingerprint density at radius 1 is 1.19 bits per heavy atom. The maximum atomic E-state index is 13.8. The molecule has 0 saturated carbocycles. The number of nitrogens with zero attached hydrogens (tertiary/aromatic N) is 5. The zero-order chi connectivity index (χ0) is 32.5. The van der Waals surface area contributed by atoms with E-state index in [1.54, 1.807) is 17.4 Å². The fourth-order valence-corrected chi connectivity index (χ4v) is 3.86. The molecule has 2 N–H and O–H groups in total. The molecule has 1 aliphatic rings. The molecule has 13 heteroatoms. The molecule has 0 aliphatic carbocycles. The third-order valence-electron chi connectivity index (χ3n) is 6.84. The van der Waals surface area contributed by atoms with Crippen LogP contribution in [0.25, 0.3) is 0 Å². The Morgan fingerprint density at radius 2 is 1.76 bits per heavy atom. The van der Waals surface area contributed by atoms with Gasteiger partial charge >= 0.3 is 12.1 Å². The average Bonchev–Trinajstić information content (AvgIpc) is 3.50. The molecule has 2 unspecified atom stereocenters. The number of hydrogen-bond donors (Lipinski definition) is 2. The summed E-state index contributed by atoms with van der Waals surface area (Å²) in [5.41, 5.74) is 0.594. The van der Waals surface area contributed by atoms with Gasteiger partial charge in [0.2, 0.25) is 11.8 Å². The first kappa shape index (κ1) is 36.3. The number of aliphatic carboxylic acids is 1. The standard InChI is InChI=1S/C27H42N6O2.C2HF3O2/c1-10-12-14-27(30-31-27)15-13-23(34)32(17-22-16-28-18-33(22)19(3)4)24(21(6)26(7,8)9)25(35)29-20(5)11-2;3-2(4,5)1(6)7/h1,16,18-20,24H,6,11-15,17H2,2-5,7-9H3,(H,29,35);(H,6,7). The van der Waals surface area contributed by atoms with E-state index in [1.165, 1.54) is 0 Å². The van der Waals surface area contributed by atoms with Crippen LogP contribution in [-0.2, 0) is 20.9 Å². The van der Waals surface area contributed by atoms with Crippen LogP contribution >= 0.6 is 0 Å². The van der Waals surface area contributed by atoms with Crippen LogP contribution in [0.5, 0.6) is 0 Å². The normalized spacial score (nSPS) is 15.1. The summed E-state index contributed by atoms with van der Waals surface area (Å²) in [5, 5.41) is 18.5. The number of amides is 2. The molecule has 0 radical (unpaired) electrons. The Morgan fingerprint density at radius 3 is 2.19 bits per heavy atom. The third kappa shape index (κ3) is 10.9. The summed E-state index contributed by atoms with van der Waals surface area (Å²) in [6.45, 7) is 18.7. The number of terminal acetylenes is 1. The van der Waals surface area contributed by atoms with Crippen molar-refractivity contribution in [3.8, 4) is 12.3 Å². The molecular weight excluding hydrogens is 553 g/mol. The highest BCUT2D eigenvalue weighted by atomic mass is 19.4. The molecule has 1 aromatic heterocycles. The average molecular weight is 597 g/mol. The lowest BCUT2D eigenvalue weighted by atomic mass is 9.81. The van der Waals surface area contributed by atoms with Crippen LogP contribution < -0.4 is 5.32 Å². The molecule has 42 heavy (non-hydrogen) atoms. The van der Waals surface area contributed by atoms with Crippen LogP contribution in [0.2, 0.25) is 0 Å². The topological polar surface area (TPSA) is 129 Å². The van der Waals surface area contributed by atoms with Crippen molar-refractivity contribution in [1.82, 2.24) is 19.8 Å². The number of nitrogens with one attached hydrogen (secondary N) is 1. The van der Waals surface area contributed by atoms with Crippen molar-refractivity contribution in [2.24, 2.45) is 15.6 Å². The van der Waals surface area contributed by atoms with Crippen molar-refractivity contribution in [3.05, 3.63) is 30.4 Å². The van der Waals surface area contributed by atoms with Crippen LogP contribution in [-0.4, -0.2) is 61.3 Å². The van der Waals surface area contributed by atoms with E-state index < -0.39 is 23.9 Å². The van der Waals surface area contributed by atoms with Gasteiger partial charge in [-0.25, -0.2) is 9.78 Å². The van der Waals surface area contributed by atoms with E-state index in [4.69, 9.17) is 16.3 Å². The second-order valence-corrected chi connectivity index (χ2v) is 11.6. The number of carbonyl (C=O) groups excluding carboxylic acids is 2. The predicted molar refractivity (Wildman–Crippen MR) is 152 cm³/mol. The van der Waals surface area contributed by atoms with E-state index in [-0.39, 0.29) is 42.3 Å². The lowest BCUT2D eigenvalue weighted by molar-refractivity contribution is -0.192. The third-order valence-corrected chi connectivity index (χ3v) is 6.84. The fourth-order valence-electron chi connectivity index (χ4n) is 3.86. The van der Waals surface area contributed by atoms with Crippen molar-refractivity contribution in [1.29, 1.82) is 0 Å². The van der Waals surface area contributed by atoms with Crippen LogP contribution in [0.4, 0.5) is 13.2 Å². The number of halogens is 3. The molecule has 0 fully saturated rings. The smallest absolute Gasteiger partial charge is 0.475 e. The minimum atomic E-state index is -5.08. The fraction of sp³-hybridized carbons (Fsp3) is 0.655. The van der Waals surface area contributed by atoms with Gasteiger partial charge in [-0.2, -0.15) is 23.4 Å². The number of imidazole rings is 1.